The van der Waals surface area contributed by atoms with Crippen LogP contribution in [0.15, 0.2) is 18.2 Å². The van der Waals surface area contributed by atoms with E-state index in [1.165, 1.54) is 26.2 Å². The SMILES string of the molecule is COc1ccc(C(=O)C2CCCN2C(C)=O)cc1F. The van der Waals surface area contributed by atoms with Crippen molar-refractivity contribution in [1.82, 2.24) is 4.90 Å². The molecule has 1 aromatic carbocycles. The molecule has 1 aliphatic rings. The van der Waals surface area contributed by atoms with Gasteiger partial charge in [0.25, 0.3) is 0 Å². The lowest BCUT2D eigenvalue weighted by Crippen LogP contribution is -2.39. The summed E-state index contributed by atoms with van der Waals surface area (Å²) in [6.07, 6.45) is 1.43. The van der Waals surface area contributed by atoms with E-state index in [9.17, 15) is 14.0 Å². The van der Waals surface area contributed by atoms with Crippen molar-refractivity contribution in [3.05, 3.63) is 29.6 Å². The monoisotopic (exact) mass is 265 g/mol. The first kappa shape index (κ1) is 13.5. The van der Waals surface area contributed by atoms with Crippen molar-refractivity contribution in [3.63, 3.8) is 0 Å². The van der Waals surface area contributed by atoms with Crippen molar-refractivity contribution in [2.75, 3.05) is 13.7 Å². The Balaban J connectivity index is 2.24. The molecule has 2 rings (SSSR count). The van der Waals surface area contributed by atoms with Gasteiger partial charge in [-0.2, -0.15) is 0 Å². The molecule has 1 aromatic rings. The molecule has 102 valence electrons. The largest absolute Gasteiger partial charge is 0.494 e. The summed E-state index contributed by atoms with van der Waals surface area (Å²) >= 11 is 0. The lowest BCUT2D eigenvalue weighted by Gasteiger charge is -2.22. The smallest absolute Gasteiger partial charge is 0.220 e. The number of hydrogen-bond donors (Lipinski definition) is 0. The third-order valence-corrected chi connectivity index (χ3v) is 3.40. The van der Waals surface area contributed by atoms with Gasteiger partial charge in [0.2, 0.25) is 5.91 Å². The molecule has 1 atom stereocenters. The van der Waals surface area contributed by atoms with Crippen LogP contribution in [0.2, 0.25) is 0 Å². The van der Waals surface area contributed by atoms with Crippen LogP contribution < -0.4 is 4.74 Å². The van der Waals surface area contributed by atoms with E-state index in [2.05, 4.69) is 0 Å². The Hall–Kier alpha value is -1.91. The third-order valence-electron chi connectivity index (χ3n) is 3.40. The Morgan fingerprint density at radius 2 is 2.16 bits per heavy atom. The fourth-order valence-corrected chi connectivity index (χ4v) is 2.43. The summed E-state index contributed by atoms with van der Waals surface area (Å²) in [6.45, 7) is 2.03. The van der Waals surface area contributed by atoms with Crippen molar-refractivity contribution in [1.29, 1.82) is 0 Å². The van der Waals surface area contributed by atoms with Gasteiger partial charge >= 0.3 is 0 Å². The molecule has 19 heavy (non-hydrogen) atoms. The highest BCUT2D eigenvalue weighted by Crippen LogP contribution is 2.24. The fourth-order valence-electron chi connectivity index (χ4n) is 2.43. The van der Waals surface area contributed by atoms with Gasteiger partial charge < -0.3 is 9.64 Å². The maximum Gasteiger partial charge on any atom is 0.220 e. The molecule has 4 nitrogen and oxygen atoms in total. The summed E-state index contributed by atoms with van der Waals surface area (Å²) in [5.41, 5.74) is 0.274. The van der Waals surface area contributed by atoms with E-state index < -0.39 is 11.9 Å². The summed E-state index contributed by atoms with van der Waals surface area (Å²) in [5, 5.41) is 0. The van der Waals surface area contributed by atoms with Gasteiger partial charge in [-0.25, -0.2) is 4.39 Å². The first-order valence-corrected chi connectivity index (χ1v) is 6.19. The number of rotatable bonds is 3. The van der Waals surface area contributed by atoms with Gasteiger partial charge in [-0.05, 0) is 31.0 Å². The minimum atomic E-state index is -0.569. The second-order valence-electron chi connectivity index (χ2n) is 4.58. The molecule has 0 saturated carbocycles. The number of hydrogen-bond acceptors (Lipinski definition) is 3. The van der Waals surface area contributed by atoms with Crippen LogP contribution in [-0.2, 0) is 4.79 Å². The molecule has 0 radical (unpaired) electrons. The Morgan fingerprint density at radius 1 is 1.42 bits per heavy atom. The first-order chi connectivity index (χ1) is 9.04. The molecule has 1 heterocycles. The molecule has 0 N–H and O–H groups in total. The van der Waals surface area contributed by atoms with E-state index in [-0.39, 0.29) is 23.0 Å². The summed E-state index contributed by atoms with van der Waals surface area (Å²) in [7, 11) is 1.37. The normalized spacial score (nSPS) is 18.5. The van der Waals surface area contributed by atoms with Crippen LogP contribution in [0.1, 0.15) is 30.1 Å². The number of carbonyl (C=O) groups is 2. The number of methoxy groups -OCH3 is 1. The van der Waals surface area contributed by atoms with Crippen molar-refractivity contribution in [2.24, 2.45) is 0 Å². The standard InChI is InChI=1S/C14H16FNO3/c1-9(17)16-7-3-4-12(16)14(18)10-5-6-13(19-2)11(15)8-10/h5-6,8,12H,3-4,7H2,1-2H3. The quantitative estimate of drug-likeness (QED) is 0.786. The second-order valence-corrected chi connectivity index (χ2v) is 4.58. The Bertz CT molecular complexity index is 515. The number of Topliss-reactive ketones (excluding diaryl/α,β-unsaturated/α-hetero) is 1. The van der Waals surface area contributed by atoms with Crippen LogP contribution in [0, 0.1) is 5.82 Å². The van der Waals surface area contributed by atoms with Crippen molar-refractivity contribution in [3.8, 4) is 5.75 Å². The Labute approximate surface area is 111 Å². The van der Waals surface area contributed by atoms with Crippen molar-refractivity contribution in [2.45, 2.75) is 25.8 Å². The zero-order valence-corrected chi connectivity index (χ0v) is 11.0. The number of ketones is 1. The molecule has 1 fully saturated rings. The Kier molecular flexibility index (Phi) is 3.83. The molecule has 0 bridgehead atoms. The van der Waals surface area contributed by atoms with Crippen molar-refractivity contribution < 1.29 is 18.7 Å². The molecule has 1 unspecified atom stereocenters. The molecular weight excluding hydrogens is 249 g/mol. The van der Waals surface area contributed by atoms with E-state index in [1.807, 2.05) is 0 Å². The van der Waals surface area contributed by atoms with E-state index >= 15 is 0 Å². The number of carbonyl (C=O) groups excluding carboxylic acids is 2. The molecule has 0 aliphatic carbocycles. The number of benzene rings is 1. The number of nitrogens with zero attached hydrogens (tertiary/aromatic N) is 1. The molecule has 1 amide bonds. The number of halogens is 1. The maximum atomic E-state index is 13.6. The predicted octanol–water partition coefficient (Wildman–Crippen LogP) is 2.03. The summed E-state index contributed by atoms with van der Waals surface area (Å²) in [4.78, 5) is 25.3. The lowest BCUT2D eigenvalue weighted by atomic mass is 10.0. The van der Waals surface area contributed by atoms with E-state index in [0.717, 1.165) is 12.5 Å². The van der Waals surface area contributed by atoms with Crippen LogP contribution in [0.5, 0.6) is 5.75 Å². The highest BCUT2D eigenvalue weighted by atomic mass is 19.1. The highest BCUT2D eigenvalue weighted by molar-refractivity contribution is 6.02. The number of likely N-dealkylation sites (tertiary alicyclic amines) is 1. The number of amides is 1. The zero-order valence-electron chi connectivity index (χ0n) is 11.0. The fraction of sp³-hybridized carbons (Fsp3) is 0.429. The van der Waals surface area contributed by atoms with Crippen LogP contribution in [0.25, 0.3) is 0 Å². The molecule has 1 saturated heterocycles. The van der Waals surface area contributed by atoms with Crippen LogP contribution in [0.4, 0.5) is 4.39 Å². The molecule has 0 spiro atoms. The molecule has 1 aliphatic heterocycles. The lowest BCUT2D eigenvalue weighted by molar-refractivity contribution is -0.128. The van der Waals surface area contributed by atoms with Gasteiger partial charge in [0, 0.05) is 19.0 Å². The second kappa shape index (κ2) is 5.38. The van der Waals surface area contributed by atoms with Gasteiger partial charge in [-0.15, -0.1) is 0 Å². The van der Waals surface area contributed by atoms with Crippen LogP contribution in [-0.4, -0.2) is 36.3 Å². The first-order valence-electron chi connectivity index (χ1n) is 6.19. The van der Waals surface area contributed by atoms with Crippen LogP contribution in [0.3, 0.4) is 0 Å². The van der Waals surface area contributed by atoms with Gasteiger partial charge in [-0.1, -0.05) is 0 Å². The van der Waals surface area contributed by atoms with Gasteiger partial charge in [0.1, 0.15) is 0 Å². The average molecular weight is 265 g/mol. The number of ether oxygens (including phenoxy) is 1. The Morgan fingerprint density at radius 3 is 2.74 bits per heavy atom. The third kappa shape index (κ3) is 2.59. The molecule has 5 heteroatoms. The van der Waals surface area contributed by atoms with Gasteiger partial charge in [-0.3, -0.25) is 9.59 Å². The minimum absolute atomic E-state index is 0.103. The van der Waals surface area contributed by atoms with E-state index in [4.69, 9.17) is 4.74 Å². The summed E-state index contributed by atoms with van der Waals surface area (Å²) in [6, 6.07) is 3.65. The van der Waals surface area contributed by atoms with Crippen molar-refractivity contribution >= 4 is 11.7 Å². The average Bonchev–Trinajstić information content (AvgIpc) is 2.87. The topological polar surface area (TPSA) is 46.6 Å². The maximum absolute atomic E-state index is 13.6. The predicted molar refractivity (Wildman–Crippen MR) is 67.7 cm³/mol. The van der Waals surface area contributed by atoms with E-state index in [1.54, 1.807) is 4.90 Å². The van der Waals surface area contributed by atoms with Crippen LogP contribution >= 0.6 is 0 Å². The van der Waals surface area contributed by atoms with Gasteiger partial charge in [0.15, 0.2) is 17.3 Å². The zero-order chi connectivity index (χ0) is 14.0. The minimum Gasteiger partial charge on any atom is -0.494 e. The summed E-state index contributed by atoms with van der Waals surface area (Å²) in [5.74, 6) is -0.800. The van der Waals surface area contributed by atoms with Gasteiger partial charge in [0.05, 0.1) is 13.2 Å². The molecule has 0 aromatic heterocycles. The van der Waals surface area contributed by atoms with E-state index in [0.29, 0.717) is 13.0 Å². The molecular formula is C14H16FNO3. The summed E-state index contributed by atoms with van der Waals surface area (Å²) < 4.78 is 18.4. The highest BCUT2D eigenvalue weighted by Gasteiger charge is 2.33.